The minimum atomic E-state index is -0.150. The summed E-state index contributed by atoms with van der Waals surface area (Å²) in [7, 11) is 0. The molecule has 4 heteroatoms. The highest BCUT2D eigenvalue weighted by molar-refractivity contribution is 7.98. The topological polar surface area (TPSA) is 38.7 Å². The van der Waals surface area contributed by atoms with E-state index in [2.05, 4.69) is 42.4 Å². The Kier molecular flexibility index (Phi) is 12.0. The summed E-state index contributed by atoms with van der Waals surface area (Å²) in [6.07, 6.45) is 15.6. The minimum Gasteiger partial charge on any atom is -0.427 e. The lowest BCUT2D eigenvalue weighted by atomic mass is 10.1. The van der Waals surface area contributed by atoms with Crippen LogP contribution in [-0.4, -0.2) is 18.4 Å². The van der Waals surface area contributed by atoms with Crippen LogP contribution in [0, 0.1) is 0 Å². The van der Waals surface area contributed by atoms with Gasteiger partial charge in [0.2, 0.25) is 0 Å². The van der Waals surface area contributed by atoms with Crippen LogP contribution in [0.2, 0.25) is 0 Å². The average molecular weight is 426 g/mol. The Balaban J connectivity index is 1.63. The first-order valence-corrected chi connectivity index (χ1v) is 12.4. The number of rotatable bonds is 14. The van der Waals surface area contributed by atoms with Gasteiger partial charge in [-0.3, -0.25) is 9.79 Å². The Morgan fingerprint density at radius 1 is 0.867 bits per heavy atom. The van der Waals surface area contributed by atoms with E-state index in [4.69, 9.17) is 4.74 Å². The van der Waals surface area contributed by atoms with Crippen molar-refractivity contribution in [3.8, 4) is 5.75 Å². The number of nitrogens with zero attached hydrogens (tertiary/aromatic N) is 1. The molecular formula is C26H35NO2S. The Bertz CT molecular complexity index is 754. The summed E-state index contributed by atoms with van der Waals surface area (Å²) in [5.41, 5.74) is 1.90. The molecule has 0 aliphatic heterocycles. The predicted molar refractivity (Wildman–Crippen MR) is 129 cm³/mol. The van der Waals surface area contributed by atoms with E-state index in [1.165, 1.54) is 49.8 Å². The van der Waals surface area contributed by atoms with E-state index in [1.807, 2.05) is 18.3 Å². The number of ether oxygens (including phenoxy) is 1. The van der Waals surface area contributed by atoms with Gasteiger partial charge in [-0.15, -0.1) is 11.8 Å². The molecule has 0 heterocycles. The summed E-state index contributed by atoms with van der Waals surface area (Å²) < 4.78 is 5.44. The number of esters is 1. The third-order valence-electron chi connectivity index (χ3n) is 5.03. The Hall–Kier alpha value is -2.07. The highest BCUT2D eigenvalue weighted by Crippen LogP contribution is 2.20. The molecule has 0 aliphatic rings. The van der Waals surface area contributed by atoms with E-state index in [0.717, 1.165) is 24.1 Å². The van der Waals surface area contributed by atoms with Crippen LogP contribution < -0.4 is 4.74 Å². The Morgan fingerprint density at radius 2 is 1.47 bits per heavy atom. The molecule has 30 heavy (non-hydrogen) atoms. The molecule has 0 saturated heterocycles. The van der Waals surface area contributed by atoms with Crippen LogP contribution in [0.25, 0.3) is 0 Å². The predicted octanol–water partition coefficient (Wildman–Crippen LogP) is 7.99. The normalized spacial score (nSPS) is 11.1. The molecule has 2 rings (SSSR count). The zero-order chi connectivity index (χ0) is 21.4. The first-order chi connectivity index (χ1) is 14.7. The molecular weight excluding hydrogens is 390 g/mol. The maximum atomic E-state index is 12.0. The fourth-order valence-corrected chi connectivity index (χ4v) is 3.61. The molecule has 0 unspecified atom stereocenters. The molecule has 0 bridgehead atoms. The monoisotopic (exact) mass is 425 g/mol. The van der Waals surface area contributed by atoms with Crippen LogP contribution in [0.15, 0.2) is 58.4 Å². The first-order valence-electron chi connectivity index (χ1n) is 11.2. The summed E-state index contributed by atoms with van der Waals surface area (Å²) in [6, 6.07) is 15.6. The Morgan fingerprint density at radius 3 is 2.07 bits per heavy atom. The van der Waals surface area contributed by atoms with Gasteiger partial charge in [-0.1, -0.05) is 70.4 Å². The lowest BCUT2D eigenvalue weighted by Crippen LogP contribution is -2.07. The number of hydrogen-bond donors (Lipinski definition) is 0. The van der Waals surface area contributed by atoms with Crippen LogP contribution in [0.1, 0.15) is 76.7 Å². The van der Waals surface area contributed by atoms with Gasteiger partial charge in [-0.2, -0.15) is 0 Å². The number of carbonyl (C=O) groups excluding carboxylic acids is 1. The average Bonchev–Trinajstić information content (AvgIpc) is 2.78. The molecule has 0 spiro atoms. The Labute approximate surface area is 186 Å². The third kappa shape index (κ3) is 10.1. The highest BCUT2D eigenvalue weighted by Gasteiger charge is 2.05. The van der Waals surface area contributed by atoms with Crippen molar-refractivity contribution in [3.63, 3.8) is 0 Å². The molecule has 0 atom stereocenters. The van der Waals surface area contributed by atoms with Gasteiger partial charge in [0.15, 0.2) is 0 Å². The van der Waals surface area contributed by atoms with Gasteiger partial charge in [-0.25, -0.2) is 0 Å². The molecule has 162 valence electrons. The number of hydrogen-bond acceptors (Lipinski definition) is 4. The van der Waals surface area contributed by atoms with E-state index in [-0.39, 0.29) is 5.97 Å². The van der Waals surface area contributed by atoms with Gasteiger partial charge in [0, 0.05) is 17.5 Å². The van der Waals surface area contributed by atoms with E-state index in [1.54, 1.807) is 23.9 Å². The van der Waals surface area contributed by atoms with Crippen LogP contribution in [-0.2, 0) is 4.79 Å². The summed E-state index contributed by atoms with van der Waals surface area (Å²) in [4.78, 5) is 17.7. The SMILES string of the molecule is CCCCCCCCCCCC(=O)Oc1ccc(N=Cc2ccc(SC)cc2)cc1. The second kappa shape index (κ2) is 14.8. The largest absolute Gasteiger partial charge is 0.427 e. The van der Waals surface area contributed by atoms with Crippen molar-refractivity contribution in [2.75, 3.05) is 6.26 Å². The molecule has 2 aromatic rings. The summed E-state index contributed by atoms with van der Waals surface area (Å²) in [6.45, 7) is 2.24. The molecule has 0 N–H and O–H groups in total. The number of benzene rings is 2. The van der Waals surface area contributed by atoms with Crippen LogP contribution >= 0.6 is 11.8 Å². The smallest absolute Gasteiger partial charge is 0.311 e. The number of carbonyl (C=O) groups is 1. The molecule has 0 aliphatic carbocycles. The van der Waals surface area contributed by atoms with Gasteiger partial charge in [0.05, 0.1) is 5.69 Å². The van der Waals surface area contributed by atoms with Crippen LogP contribution in [0.4, 0.5) is 5.69 Å². The second-order valence-electron chi connectivity index (χ2n) is 7.58. The van der Waals surface area contributed by atoms with Gasteiger partial charge in [0.1, 0.15) is 5.75 Å². The third-order valence-corrected chi connectivity index (χ3v) is 5.77. The summed E-state index contributed by atoms with van der Waals surface area (Å²) >= 11 is 1.72. The number of aliphatic imine (C=N–C) groups is 1. The zero-order valence-electron chi connectivity index (χ0n) is 18.4. The maximum absolute atomic E-state index is 12.0. The van der Waals surface area contributed by atoms with E-state index < -0.39 is 0 Å². The van der Waals surface area contributed by atoms with Crippen molar-refractivity contribution in [3.05, 3.63) is 54.1 Å². The van der Waals surface area contributed by atoms with Gasteiger partial charge < -0.3 is 4.74 Å². The van der Waals surface area contributed by atoms with Crippen molar-refractivity contribution in [1.29, 1.82) is 0 Å². The molecule has 2 aromatic carbocycles. The van der Waals surface area contributed by atoms with E-state index in [9.17, 15) is 4.79 Å². The fraction of sp³-hybridized carbons (Fsp3) is 0.462. The molecule has 0 radical (unpaired) electrons. The lowest BCUT2D eigenvalue weighted by Gasteiger charge is -2.05. The standard InChI is InChI=1S/C26H35NO2S/c1-3-4-5-6-7-8-9-10-11-12-26(28)29-24-17-15-23(16-18-24)27-21-22-13-19-25(30-2)20-14-22/h13-21H,3-12H2,1-2H3. The maximum Gasteiger partial charge on any atom is 0.311 e. The quantitative estimate of drug-likeness (QED) is 0.101. The molecule has 0 saturated carbocycles. The van der Waals surface area contributed by atoms with Crippen LogP contribution in [0.5, 0.6) is 5.75 Å². The fourth-order valence-electron chi connectivity index (χ4n) is 3.20. The molecule has 0 amide bonds. The van der Waals surface area contributed by atoms with Crippen LogP contribution in [0.3, 0.4) is 0 Å². The van der Waals surface area contributed by atoms with Gasteiger partial charge in [-0.05, 0) is 54.6 Å². The van der Waals surface area contributed by atoms with Gasteiger partial charge >= 0.3 is 5.97 Å². The van der Waals surface area contributed by atoms with Crippen molar-refractivity contribution in [1.82, 2.24) is 0 Å². The molecule has 3 nitrogen and oxygen atoms in total. The van der Waals surface area contributed by atoms with Crippen molar-refractivity contribution in [2.45, 2.75) is 76.0 Å². The van der Waals surface area contributed by atoms with Crippen molar-refractivity contribution < 1.29 is 9.53 Å². The number of unbranched alkanes of at least 4 members (excludes halogenated alkanes) is 8. The summed E-state index contributed by atoms with van der Waals surface area (Å²) in [5, 5.41) is 0. The second-order valence-corrected chi connectivity index (χ2v) is 8.46. The lowest BCUT2D eigenvalue weighted by molar-refractivity contribution is -0.134. The minimum absolute atomic E-state index is 0.150. The number of thioether (sulfide) groups is 1. The summed E-state index contributed by atoms with van der Waals surface area (Å²) in [5.74, 6) is 0.433. The van der Waals surface area contributed by atoms with Crippen molar-refractivity contribution in [2.24, 2.45) is 4.99 Å². The van der Waals surface area contributed by atoms with Crippen molar-refractivity contribution >= 4 is 29.6 Å². The van der Waals surface area contributed by atoms with E-state index >= 15 is 0 Å². The zero-order valence-corrected chi connectivity index (χ0v) is 19.3. The molecule has 0 fully saturated rings. The first kappa shape index (κ1) is 24.2. The van der Waals surface area contributed by atoms with E-state index in [0.29, 0.717) is 12.2 Å². The molecule has 0 aromatic heterocycles. The van der Waals surface area contributed by atoms with Gasteiger partial charge in [0.25, 0.3) is 0 Å². The highest BCUT2D eigenvalue weighted by atomic mass is 32.2.